The minimum atomic E-state index is -0.427. The molecule has 0 radical (unpaired) electrons. The molecule has 1 aromatic rings. The summed E-state index contributed by atoms with van der Waals surface area (Å²) in [5.41, 5.74) is 0.618. The SMILES string of the molecule is CCCOc1cccc(NC(=O)NCC(=O)NCC)c1. The molecule has 20 heavy (non-hydrogen) atoms. The van der Waals surface area contributed by atoms with Crippen LogP contribution < -0.4 is 20.7 Å². The summed E-state index contributed by atoms with van der Waals surface area (Å²) in [7, 11) is 0. The highest BCUT2D eigenvalue weighted by Crippen LogP contribution is 2.17. The minimum absolute atomic E-state index is 0.0499. The molecule has 3 N–H and O–H groups in total. The van der Waals surface area contributed by atoms with Crippen molar-refractivity contribution in [1.29, 1.82) is 0 Å². The summed E-state index contributed by atoms with van der Waals surface area (Å²) < 4.78 is 5.47. The number of hydrogen-bond acceptors (Lipinski definition) is 3. The van der Waals surface area contributed by atoms with E-state index in [0.717, 1.165) is 6.42 Å². The summed E-state index contributed by atoms with van der Waals surface area (Å²) in [5, 5.41) is 7.72. The van der Waals surface area contributed by atoms with Crippen LogP contribution in [0.4, 0.5) is 10.5 Å². The average molecular weight is 279 g/mol. The van der Waals surface area contributed by atoms with Gasteiger partial charge in [-0.25, -0.2) is 4.79 Å². The molecule has 0 spiro atoms. The van der Waals surface area contributed by atoms with E-state index in [0.29, 0.717) is 24.6 Å². The van der Waals surface area contributed by atoms with Gasteiger partial charge >= 0.3 is 6.03 Å². The Balaban J connectivity index is 2.43. The topological polar surface area (TPSA) is 79.5 Å². The van der Waals surface area contributed by atoms with Gasteiger partial charge in [0, 0.05) is 18.3 Å². The van der Waals surface area contributed by atoms with E-state index in [1.165, 1.54) is 0 Å². The first-order chi connectivity index (χ1) is 9.65. The van der Waals surface area contributed by atoms with Gasteiger partial charge in [0.1, 0.15) is 5.75 Å². The molecular formula is C14H21N3O3. The highest BCUT2D eigenvalue weighted by atomic mass is 16.5. The summed E-state index contributed by atoms with van der Waals surface area (Å²) in [5.74, 6) is 0.482. The molecule has 0 atom stereocenters. The number of anilines is 1. The molecular weight excluding hydrogens is 258 g/mol. The number of ether oxygens (including phenoxy) is 1. The van der Waals surface area contributed by atoms with Gasteiger partial charge in [-0.15, -0.1) is 0 Å². The van der Waals surface area contributed by atoms with Gasteiger partial charge in [0.2, 0.25) is 5.91 Å². The molecule has 6 heteroatoms. The fourth-order valence-electron chi connectivity index (χ4n) is 1.48. The van der Waals surface area contributed by atoms with Gasteiger partial charge < -0.3 is 20.7 Å². The number of hydrogen-bond donors (Lipinski definition) is 3. The standard InChI is InChI=1S/C14H21N3O3/c1-3-8-20-12-7-5-6-11(9-12)17-14(19)16-10-13(18)15-4-2/h5-7,9H,3-4,8,10H2,1-2H3,(H,15,18)(H2,16,17,19). The van der Waals surface area contributed by atoms with Crippen molar-refractivity contribution in [2.45, 2.75) is 20.3 Å². The van der Waals surface area contributed by atoms with Crippen molar-refractivity contribution < 1.29 is 14.3 Å². The second-order valence-electron chi connectivity index (χ2n) is 4.14. The van der Waals surface area contributed by atoms with E-state index in [9.17, 15) is 9.59 Å². The van der Waals surface area contributed by atoms with Crippen molar-refractivity contribution in [3.8, 4) is 5.75 Å². The van der Waals surface area contributed by atoms with E-state index in [1.54, 1.807) is 18.2 Å². The zero-order valence-corrected chi connectivity index (χ0v) is 11.9. The predicted molar refractivity (Wildman–Crippen MR) is 77.9 cm³/mol. The number of nitrogens with one attached hydrogen (secondary N) is 3. The van der Waals surface area contributed by atoms with Crippen LogP contribution in [-0.4, -0.2) is 31.6 Å². The molecule has 6 nitrogen and oxygen atoms in total. The zero-order chi connectivity index (χ0) is 14.8. The van der Waals surface area contributed by atoms with Gasteiger partial charge in [0.15, 0.2) is 0 Å². The van der Waals surface area contributed by atoms with Crippen molar-refractivity contribution in [3.63, 3.8) is 0 Å². The summed E-state index contributed by atoms with van der Waals surface area (Å²) in [6.45, 7) is 4.97. The maximum absolute atomic E-state index is 11.6. The molecule has 0 aliphatic heterocycles. The predicted octanol–water partition coefficient (Wildman–Crippen LogP) is 1.73. The molecule has 1 rings (SSSR count). The third-order valence-corrected chi connectivity index (χ3v) is 2.35. The fraction of sp³-hybridized carbons (Fsp3) is 0.429. The Bertz CT molecular complexity index is 449. The van der Waals surface area contributed by atoms with E-state index in [1.807, 2.05) is 19.9 Å². The highest BCUT2D eigenvalue weighted by Gasteiger charge is 2.05. The Hall–Kier alpha value is -2.24. The molecule has 1 aromatic carbocycles. The first-order valence-corrected chi connectivity index (χ1v) is 6.70. The highest BCUT2D eigenvalue weighted by molar-refractivity contribution is 5.92. The Morgan fingerprint density at radius 3 is 2.70 bits per heavy atom. The molecule has 0 aromatic heterocycles. The van der Waals surface area contributed by atoms with Crippen LogP contribution in [0.15, 0.2) is 24.3 Å². The number of carbonyl (C=O) groups excluding carboxylic acids is 2. The van der Waals surface area contributed by atoms with Crippen molar-refractivity contribution in [2.24, 2.45) is 0 Å². The van der Waals surface area contributed by atoms with Gasteiger partial charge in [0.25, 0.3) is 0 Å². The molecule has 0 saturated carbocycles. The van der Waals surface area contributed by atoms with E-state index in [-0.39, 0.29) is 12.5 Å². The maximum atomic E-state index is 11.6. The quantitative estimate of drug-likeness (QED) is 0.711. The molecule has 0 heterocycles. The molecule has 0 unspecified atom stereocenters. The van der Waals surface area contributed by atoms with Gasteiger partial charge in [-0.1, -0.05) is 13.0 Å². The van der Waals surface area contributed by atoms with Crippen LogP contribution in [0.3, 0.4) is 0 Å². The van der Waals surface area contributed by atoms with Crippen LogP contribution in [0, 0.1) is 0 Å². The first-order valence-electron chi connectivity index (χ1n) is 6.70. The van der Waals surface area contributed by atoms with Crippen molar-refractivity contribution in [1.82, 2.24) is 10.6 Å². The smallest absolute Gasteiger partial charge is 0.319 e. The number of rotatable bonds is 7. The number of likely N-dealkylation sites (N-methyl/N-ethyl adjacent to an activating group) is 1. The summed E-state index contributed by atoms with van der Waals surface area (Å²) in [6.07, 6.45) is 0.921. The van der Waals surface area contributed by atoms with E-state index < -0.39 is 6.03 Å². The second-order valence-corrected chi connectivity index (χ2v) is 4.14. The molecule has 0 fully saturated rings. The van der Waals surface area contributed by atoms with Crippen LogP contribution >= 0.6 is 0 Å². The molecule has 0 aliphatic carbocycles. The van der Waals surface area contributed by atoms with Crippen molar-refractivity contribution in [2.75, 3.05) is 25.0 Å². The average Bonchev–Trinajstić information content (AvgIpc) is 2.44. The zero-order valence-electron chi connectivity index (χ0n) is 11.9. The third-order valence-electron chi connectivity index (χ3n) is 2.35. The van der Waals surface area contributed by atoms with Crippen molar-refractivity contribution in [3.05, 3.63) is 24.3 Å². The molecule has 0 bridgehead atoms. The lowest BCUT2D eigenvalue weighted by Gasteiger charge is -2.09. The summed E-state index contributed by atoms with van der Waals surface area (Å²) >= 11 is 0. The monoisotopic (exact) mass is 279 g/mol. The van der Waals surface area contributed by atoms with Gasteiger partial charge in [-0.05, 0) is 25.5 Å². The lowest BCUT2D eigenvalue weighted by molar-refractivity contribution is -0.119. The van der Waals surface area contributed by atoms with Crippen molar-refractivity contribution >= 4 is 17.6 Å². The molecule has 3 amide bonds. The molecule has 0 saturated heterocycles. The normalized spacial score (nSPS) is 9.70. The third kappa shape index (κ3) is 6.08. The number of carbonyl (C=O) groups is 2. The van der Waals surface area contributed by atoms with Crippen LogP contribution in [0.2, 0.25) is 0 Å². The Labute approximate surface area is 118 Å². The van der Waals surface area contributed by atoms with Gasteiger partial charge in [-0.3, -0.25) is 4.79 Å². The van der Waals surface area contributed by atoms with Gasteiger partial charge in [0.05, 0.1) is 13.2 Å². The Kier molecular flexibility index (Phi) is 6.95. The maximum Gasteiger partial charge on any atom is 0.319 e. The summed E-state index contributed by atoms with van der Waals surface area (Å²) in [6, 6.07) is 6.69. The van der Waals surface area contributed by atoms with E-state index in [4.69, 9.17) is 4.74 Å². The molecule has 110 valence electrons. The van der Waals surface area contributed by atoms with Crippen LogP contribution in [0.5, 0.6) is 5.75 Å². The largest absolute Gasteiger partial charge is 0.494 e. The van der Waals surface area contributed by atoms with Crippen LogP contribution in [-0.2, 0) is 4.79 Å². The first kappa shape index (κ1) is 15.8. The van der Waals surface area contributed by atoms with Crippen LogP contribution in [0.25, 0.3) is 0 Å². The van der Waals surface area contributed by atoms with Crippen LogP contribution in [0.1, 0.15) is 20.3 Å². The lowest BCUT2D eigenvalue weighted by Crippen LogP contribution is -2.38. The number of benzene rings is 1. The van der Waals surface area contributed by atoms with Gasteiger partial charge in [-0.2, -0.15) is 0 Å². The fourth-order valence-corrected chi connectivity index (χ4v) is 1.48. The Morgan fingerprint density at radius 1 is 1.20 bits per heavy atom. The van der Waals surface area contributed by atoms with E-state index in [2.05, 4.69) is 16.0 Å². The Morgan fingerprint density at radius 2 is 2.00 bits per heavy atom. The number of urea groups is 1. The van der Waals surface area contributed by atoms with E-state index >= 15 is 0 Å². The molecule has 0 aliphatic rings. The lowest BCUT2D eigenvalue weighted by atomic mass is 10.3. The minimum Gasteiger partial charge on any atom is -0.494 e. The number of amides is 3. The summed E-state index contributed by atoms with van der Waals surface area (Å²) in [4.78, 5) is 22.8. The second kappa shape index (κ2) is 8.79.